The van der Waals surface area contributed by atoms with Crippen LogP contribution in [0.1, 0.15) is 5.56 Å². The SMILES string of the molecule is COc1cc(C#CC(=O)O)ccc1F. The molecular formula is C10H7FO3. The Morgan fingerprint density at radius 1 is 1.57 bits per heavy atom. The first-order valence-electron chi connectivity index (χ1n) is 3.72. The van der Waals surface area contributed by atoms with Crippen LogP contribution in [-0.4, -0.2) is 18.2 Å². The van der Waals surface area contributed by atoms with E-state index in [1.807, 2.05) is 5.92 Å². The van der Waals surface area contributed by atoms with Gasteiger partial charge in [-0.2, -0.15) is 0 Å². The number of halogens is 1. The minimum atomic E-state index is -1.23. The zero-order valence-corrected chi connectivity index (χ0v) is 7.37. The van der Waals surface area contributed by atoms with Crippen LogP contribution >= 0.6 is 0 Å². The van der Waals surface area contributed by atoms with E-state index in [1.165, 1.54) is 25.3 Å². The first-order chi connectivity index (χ1) is 6.63. The maximum Gasteiger partial charge on any atom is 0.382 e. The maximum atomic E-state index is 12.9. The van der Waals surface area contributed by atoms with Gasteiger partial charge in [-0.25, -0.2) is 9.18 Å². The van der Waals surface area contributed by atoms with Crippen molar-refractivity contribution in [3.05, 3.63) is 29.6 Å². The molecule has 0 fully saturated rings. The molecule has 0 aliphatic rings. The van der Waals surface area contributed by atoms with Crippen molar-refractivity contribution in [1.82, 2.24) is 0 Å². The van der Waals surface area contributed by atoms with Crippen molar-refractivity contribution in [2.45, 2.75) is 0 Å². The molecule has 72 valence electrons. The van der Waals surface area contributed by atoms with Crippen LogP contribution in [0, 0.1) is 17.7 Å². The van der Waals surface area contributed by atoms with E-state index in [0.717, 1.165) is 0 Å². The lowest BCUT2D eigenvalue weighted by molar-refractivity contribution is -0.130. The Morgan fingerprint density at radius 2 is 2.29 bits per heavy atom. The largest absolute Gasteiger partial charge is 0.494 e. The number of hydrogen-bond donors (Lipinski definition) is 1. The van der Waals surface area contributed by atoms with Gasteiger partial charge in [-0.3, -0.25) is 0 Å². The number of hydrogen-bond acceptors (Lipinski definition) is 2. The third-order valence-corrected chi connectivity index (χ3v) is 1.46. The van der Waals surface area contributed by atoms with Crippen LogP contribution in [-0.2, 0) is 4.79 Å². The smallest absolute Gasteiger partial charge is 0.382 e. The van der Waals surface area contributed by atoms with Gasteiger partial charge in [-0.15, -0.1) is 0 Å². The Morgan fingerprint density at radius 3 is 2.86 bits per heavy atom. The first-order valence-corrected chi connectivity index (χ1v) is 3.72. The van der Waals surface area contributed by atoms with Gasteiger partial charge in [0.1, 0.15) is 0 Å². The number of aliphatic carboxylic acids is 1. The van der Waals surface area contributed by atoms with Crippen LogP contribution in [0.4, 0.5) is 4.39 Å². The predicted octanol–water partition coefficient (Wildman–Crippen LogP) is 1.27. The van der Waals surface area contributed by atoms with Crippen molar-refractivity contribution >= 4 is 5.97 Å². The molecule has 14 heavy (non-hydrogen) atoms. The minimum Gasteiger partial charge on any atom is -0.494 e. The number of rotatable bonds is 1. The Kier molecular flexibility index (Phi) is 3.08. The van der Waals surface area contributed by atoms with E-state index in [4.69, 9.17) is 9.84 Å². The highest BCUT2D eigenvalue weighted by atomic mass is 19.1. The lowest BCUT2D eigenvalue weighted by atomic mass is 10.2. The van der Waals surface area contributed by atoms with Crippen LogP contribution < -0.4 is 4.74 Å². The number of ether oxygens (including phenoxy) is 1. The number of benzene rings is 1. The zero-order chi connectivity index (χ0) is 10.6. The molecule has 0 spiro atoms. The third-order valence-electron chi connectivity index (χ3n) is 1.46. The van der Waals surface area contributed by atoms with E-state index >= 15 is 0 Å². The van der Waals surface area contributed by atoms with Crippen molar-refractivity contribution in [1.29, 1.82) is 0 Å². The predicted molar refractivity (Wildman–Crippen MR) is 47.5 cm³/mol. The second-order valence-electron chi connectivity index (χ2n) is 2.40. The van der Waals surface area contributed by atoms with Crippen molar-refractivity contribution in [2.75, 3.05) is 7.11 Å². The van der Waals surface area contributed by atoms with Crippen LogP contribution in [0.2, 0.25) is 0 Å². The van der Waals surface area contributed by atoms with E-state index < -0.39 is 11.8 Å². The molecule has 0 radical (unpaired) electrons. The summed E-state index contributed by atoms with van der Waals surface area (Å²) in [6, 6.07) is 3.89. The Hall–Kier alpha value is -2.02. The van der Waals surface area contributed by atoms with Gasteiger partial charge in [-0.1, -0.05) is 5.92 Å². The number of carboxylic acids is 1. The second-order valence-corrected chi connectivity index (χ2v) is 2.40. The molecule has 1 rings (SSSR count). The summed E-state index contributed by atoms with van der Waals surface area (Å²) in [5, 5.41) is 8.28. The van der Waals surface area contributed by atoms with Crippen molar-refractivity contribution in [2.24, 2.45) is 0 Å². The zero-order valence-electron chi connectivity index (χ0n) is 7.37. The van der Waals surface area contributed by atoms with E-state index in [0.29, 0.717) is 5.56 Å². The molecule has 1 aromatic rings. The molecule has 0 aliphatic heterocycles. The van der Waals surface area contributed by atoms with Gasteiger partial charge in [-0.05, 0) is 18.2 Å². The second kappa shape index (κ2) is 4.28. The molecule has 0 amide bonds. The summed E-state index contributed by atoms with van der Waals surface area (Å²) in [6.07, 6.45) is 0. The average Bonchev–Trinajstić information content (AvgIpc) is 2.16. The molecule has 0 bridgehead atoms. The molecule has 0 atom stereocenters. The van der Waals surface area contributed by atoms with E-state index in [9.17, 15) is 9.18 Å². The van der Waals surface area contributed by atoms with Gasteiger partial charge in [0.15, 0.2) is 11.6 Å². The summed E-state index contributed by atoms with van der Waals surface area (Å²) in [5.74, 6) is 2.58. The summed E-state index contributed by atoms with van der Waals surface area (Å²) >= 11 is 0. The molecule has 4 heteroatoms. The third kappa shape index (κ3) is 2.49. The monoisotopic (exact) mass is 194 g/mol. The fraction of sp³-hybridized carbons (Fsp3) is 0.100. The molecule has 0 saturated heterocycles. The molecule has 0 saturated carbocycles. The van der Waals surface area contributed by atoms with Crippen LogP contribution in [0.5, 0.6) is 5.75 Å². The number of carbonyl (C=O) groups is 1. The van der Waals surface area contributed by atoms with E-state index in [2.05, 4.69) is 5.92 Å². The van der Waals surface area contributed by atoms with Gasteiger partial charge < -0.3 is 9.84 Å². The summed E-state index contributed by atoms with van der Waals surface area (Å²) in [5.41, 5.74) is 0.394. The molecule has 0 heterocycles. The maximum absolute atomic E-state index is 12.9. The lowest BCUT2D eigenvalue weighted by Crippen LogP contribution is -1.90. The number of methoxy groups -OCH3 is 1. The summed E-state index contributed by atoms with van der Waals surface area (Å²) in [7, 11) is 1.33. The van der Waals surface area contributed by atoms with Gasteiger partial charge in [0.25, 0.3) is 0 Å². The van der Waals surface area contributed by atoms with Crippen molar-refractivity contribution < 1.29 is 19.0 Å². The summed E-state index contributed by atoms with van der Waals surface area (Å²) in [4.78, 5) is 10.1. The molecule has 3 nitrogen and oxygen atoms in total. The highest BCUT2D eigenvalue weighted by molar-refractivity contribution is 5.87. The topological polar surface area (TPSA) is 46.5 Å². The molecule has 0 aromatic heterocycles. The molecule has 1 N–H and O–H groups in total. The quantitative estimate of drug-likeness (QED) is 0.685. The fourth-order valence-electron chi connectivity index (χ4n) is 0.863. The van der Waals surface area contributed by atoms with Gasteiger partial charge in [0.05, 0.1) is 7.11 Å². The Bertz CT molecular complexity index is 415. The van der Waals surface area contributed by atoms with Crippen molar-refractivity contribution in [3.63, 3.8) is 0 Å². The van der Waals surface area contributed by atoms with Gasteiger partial charge in [0, 0.05) is 11.5 Å². The highest BCUT2D eigenvalue weighted by Crippen LogP contribution is 2.17. The minimum absolute atomic E-state index is 0.0437. The summed E-state index contributed by atoms with van der Waals surface area (Å²) in [6.45, 7) is 0. The Balaban J connectivity index is 3.03. The number of carboxylic acid groups (broad SMARTS) is 1. The van der Waals surface area contributed by atoms with Crippen molar-refractivity contribution in [3.8, 4) is 17.6 Å². The fourth-order valence-corrected chi connectivity index (χ4v) is 0.863. The Labute approximate surface area is 80.1 Å². The standard InChI is InChI=1S/C10H7FO3/c1-14-9-6-7(2-4-8(9)11)3-5-10(12)13/h2,4,6H,1H3,(H,12,13). The van der Waals surface area contributed by atoms with Gasteiger partial charge in [0.2, 0.25) is 0 Å². The van der Waals surface area contributed by atoms with Crippen LogP contribution in [0.3, 0.4) is 0 Å². The van der Waals surface area contributed by atoms with Crippen LogP contribution in [0.25, 0.3) is 0 Å². The first kappa shape index (κ1) is 10.1. The van der Waals surface area contributed by atoms with Gasteiger partial charge >= 0.3 is 5.97 Å². The lowest BCUT2D eigenvalue weighted by Gasteiger charge is -2.00. The average molecular weight is 194 g/mol. The summed E-state index contributed by atoms with van der Waals surface area (Å²) < 4.78 is 17.6. The molecule has 0 aliphatic carbocycles. The van der Waals surface area contributed by atoms with E-state index in [1.54, 1.807) is 0 Å². The van der Waals surface area contributed by atoms with Crippen LogP contribution in [0.15, 0.2) is 18.2 Å². The highest BCUT2D eigenvalue weighted by Gasteiger charge is 2.01. The molecular weight excluding hydrogens is 187 g/mol. The molecule has 0 unspecified atom stereocenters. The molecule has 1 aromatic carbocycles. The van der Waals surface area contributed by atoms with E-state index in [-0.39, 0.29) is 5.75 Å². The normalized spacial score (nSPS) is 8.71.